The molecule has 0 N–H and O–H groups in total. The Bertz CT molecular complexity index is 274. The summed E-state index contributed by atoms with van der Waals surface area (Å²) in [7, 11) is 3.00. The fourth-order valence-electron chi connectivity index (χ4n) is 0.911. The maximum Gasteiger partial charge on any atom is 0.409 e. The van der Waals surface area contributed by atoms with Crippen molar-refractivity contribution in [3.05, 3.63) is 30.1 Å². The van der Waals surface area contributed by atoms with Crippen molar-refractivity contribution >= 4 is 6.09 Å². The van der Waals surface area contributed by atoms with Gasteiger partial charge in [0.05, 0.1) is 25.5 Å². The first kappa shape index (κ1) is 9.51. The molecule has 0 atom stereocenters. The van der Waals surface area contributed by atoms with Crippen molar-refractivity contribution in [3.8, 4) is 0 Å². The van der Waals surface area contributed by atoms with Gasteiger partial charge in [0.2, 0.25) is 0 Å². The zero-order chi connectivity index (χ0) is 9.68. The monoisotopic (exact) mass is 179 g/mol. The van der Waals surface area contributed by atoms with Crippen LogP contribution in [-0.2, 0) is 11.3 Å². The molecule has 1 aromatic rings. The summed E-state index contributed by atoms with van der Waals surface area (Å²) in [6, 6.07) is 5.37. The molecular weight excluding hydrogens is 168 g/mol. The topological polar surface area (TPSA) is 42.4 Å². The minimum absolute atomic E-state index is 0.370. The predicted molar refractivity (Wildman–Crippen MR) is 46.9 cm³/mol. The molecule has 4 nitrogen and oxygen atoms in total. The van der Waals surface area contributed by atoms with E-state index in [0.717, 1.165) is 5.69 Å². The van der Waals surface area contributed by atoms with Crippen molar-refractivity contribution in [1.82, 2.24) is 9.88 Å². The van der Waals surface area contributed by atoms with E-state index < -0.39 is 0 Å². The molecule has 0 bridgehead atoms. The van der Waals surface area contributed by atoms with Crippen LogP contribution in [0.5, 0.6) is 0 Å². The van der Waals surface area contributed by atoms with Gasteiger partial charge in [0, 0.05) is 7.05 Å². The van der Waals surface area contributed by atoms with E-state index in [1.807, 2.05) is 12.1 Å². The molecule has 0 saturated heterocycles. The highest BCUT2D eigenvalue weighted by Gasteiger charge is 2.08. The molecule has 0 spiro atoms. The second kappa shape index (κ2) is 4.45. The predicted octanol–water partition coefficient (Wildman–Crippen LogP) is 1.08. The van der Waals surface area contributed by atoms with E-state index in [2.05, 4.69) is 15.9 Å². The Hall–Kier alpha value is -1.58. The van der Waals surface area contributed by atoms with E-state index in [0.29, 0.717) is 6.54 Å². The van der Waals surface area contributed by atoms with Gasteiger partial charge in [0.1, 0.15) is 0 Å². The summed E-state index contributed by atoms with van der Waals surface area (Å²) in [5.74, 6) is 0. The van der Waals surface area contributed by atoms with Crippen LogP contribution in [-0.4, -0.2) is 30.1 Å². The van der Waals surface area contributed by atoms with Crippen LogP contribution in [0.2, 0.25) is 0 Å². The van der Waals surface area contributed by atoms with Crippen LogP contribution in [0.15, 0.2) is 18.2 Å². The van der Waals surface area contributed by atoms with Crippen molar-refractivity contribution in [1.29, 1.82) is 0 Å². The molecule has 0 aliphatic carbocycles. The number of aromatic nitrogens is 1. The lowest BCUT2D eigenvalue weighted by molar-refractivity contribution is 0.131. The summed E-state index contributed by atoms with van der Waals surface area (Å²) >= 11 is 0. The third-order valence-corrected chi connectivity index (χ3v) is 1.55. The summed E-state index contributed by atoms with van der Waals surface area (Å²) in [6.07, 6.45) is 2.32. The molecule has 13 heavy (non-hydrogen) atoms. The van der Waals surface area contributed by atoms with E-state index in [9.17, 15) is 4.79 Å². The highest BCUT2D eigenvalue weighted by Crippen LogP contribution is 1.99. The maximum atomic E-state index is 11.0. The number of carbonyl (C=O) groups is 1. The molecule has 0 saturated carbocycles. The number of rotatable bonds is 2. The molecule has 1 amide bonds. The SMILES string of the molecule is COC(=O)N(C)Cc1ccc[c]n1. The molecule has 1 rings (SSSR count). The first-order valence-electron chi connectivity index (χ1n) is 3.85. The van der Waals surface area contributed by atoms with Gasteiger partial charge in [0.25, 0.3) is 0 Å². The van der Waals surface area contributed by atoms with Gasteiger partial charge in [0.15, 0.2) is 0 Å². The minimum Gasteiger partial charge on any atom is -0.453 e. The van der Waals surface area contributed by atoms with Crippen LogP contribution >= 0.6 is 0 Å². The third kappa shape index (κ3) is 2.74. The van der Waals surface area contributed by atoms with Crippen LogP contribution in [0.4, 0.5) is 4.79 Å². The van der Waals surface area contributed by atoms with Crippen molar-refractivity contribution in [2.75, 3.05) is 14.2 Å². The summed E-state index contributed by atoms with van der Waals surface area (Å²) in [5.41, 5.74) is 0.787. The average molecular weight is 179 g/mol. The first-order chi connectivity index (χ1) is 6.24. The molecule has 4 heteroatoms. The number of hydrogen-bond donors (Lipinski definition) is 0. The molecule has 1 aromatic heterocycles. The van der Waals surface area contributed by atoms with E-state index in [4.69, 9.17) is 0 Å². The number of ether oxygens (including phenoxy) is 1. The van der Waals surface area contributed by atoms with Gasteiger partial charge in [-0.2, -0.15) is 0 Å². The van der Waals surface area contributed by atoms with Gasteiger partial charge in [-0.25, -0.2) is 9.78 Å². The van der Waals surface area contributed by atoms with Crippen LogP contribution in [0, 0.1) is 6.20 Å². The minimum atomic E-state index is -0.370. The van der Waals surface area contributed by atoms with E-state index >= 15 is 0 Å². The standard InChI is InChI=1S/C9H11N2O2/c1-11(9(12)13-2)7-8-5-3-4-6-10-8/h3-5H,7H2,1-2H3. The quantitative estimate of drug-likeness (QED) is 0.682. The molecule has 0 fully saturated rings. The Balaban J connectivity index is 2.55. The molecule has 0 aliphatic heterocycles. The van der Waals surface area contributed by atoms with Crippen molar-refractivity contribution in [3.63, 3.8) is 0 Å². The molecule has 0 unspecified atom stereocenters. The first-order valence-corrected chi connectivity index (χ1v) is 3.85. The van der Waals surface area contributed by atoms with Gasteiger partial charge in [-0.15, -0.1) is 0 Å². The number of methoxy groups -OCH3 is 1. The lowest BCUT2D eigenvalue weighted by Crippen LogP contribution is -2.26. The summed E-state index contributed by atoms with van der Waals surface area (Å²) < 4.78 is 4.53. The van der Waals surface area contributed by atoms with Gasteiger partial charge in [-0.05, 0) is 12.1 Å². The van der Waals surface area contributed by atoms with Gasteiger partial charge in [-0.3, -0.25) is 0 Å². The number of nitrogens with zero attached hydrogens (tertiary/aromatic N) is 2. The maximum absolute atomic E-state index is 11.0. The van der Waals surface area contributed by atoms with Crippen LogP contribution < -0.4 is 0 Å². The second-order valence-electron chi connectivity index (χ2n) is 2.58. The lowest BCUT2D eigenvalue weighted by atomic mass is 10.3. The zero-order valence-electron chi connectivity index (χ0n) is 7.65. The van der Waals surface area contributed by atoms with E-state index in [1.54, 1.807) is 13.1 Å². The number of carbonyl (C=O) groups excluding carboxylic acids is 1. The Labute approximate surface area is 77.1 Å². The van der Waals surface area contributed by atoms with Gasteiger partial charge in [-0.1, -0.05) is 6.07 Å². The number of pyridine rings is 1. The van der Waals surface area contributed by atoms with Crippen LogP contribution in [0.1, 0.15) is 5.69 Å². The largest absolute Gasteiger partial charge is 0.453 e. The zero-order valence-corrected chi connectivity index (χ0v) is 7.65. The second-order valence-corrected chi connectivity index (χ2v) is 2.58. The van der Waals surface area contributed by atoms with E-state index in [1.165, 1.54) is 12.0 Å². The Morgan fingerprint density at radius 3 is 3.08 bits per heavy atom. The lowest BCUT2D eigenvalue weighted by Gasteiger charge is -2.14. The average Bonchev–Trinajstić information content (AvgIpc) is 2.18. The number of hydrogen-bond acceptors (Lipinski definition) is 3. The molecule has 0 aromatic carbocycles. The van der Waals surface area contributed by atoms with Gasteiger partial charge >= 0.3 is 6.09 Å². The fraction of sp³-hybridized carbons (Fsp3) is 0.333. The van der Waals surface area contributed by atoms with Gasteiger partial charge < -0.3 is 9.64 Å². The summed E-state index contributed by atoms with van der Waals surface area (Å²) in [4.78, 5) is 16.4. The van der Waals surface area contributed by atoms with E-state index in [-0.39, 0.29) is 6.09 Å². The molecule has 1 heterocycles. The fourth-order valence-corrected chi connectivity index (χ4v) is 0.911. The molecule has 1 radical (unpaired) electrons. The summed E-state index contributed by atoms with van der Waals surface area (Å²) in [6.45, 7) is 0.435. The van der Waals surface area contributed by atoms with Crippen molar-refractivity contribution in [2.45, 2.75) is 6.54 Å². The summed E-state index contributed by atoms with van der Waals surface area (Å²) in [5, 5.41) is 0. The Morgan fingerprint density at radius 1 is 1.77 bits per heavy atom. The van der Waals surface area contributed by atoms with Crippen LogP contribution in [0.3, 0.4) is 0 Å². The normalized spacial score (nSPS) is 9.38. The Kier molecular flexibility index (Phi) is 3.25. The molecule has 0 aliphatic rings. The van der Waals surface area contributed by atoms with Crippen LogP contribution in [0.25, 0.3) is 0 Å². The number of amides is 1. The van der Waals surface area contributed by atoms with Crippen molar-refractivity contribution in [2.24, 2.45) is 0 Å². The molecule has 69 valence electrons. The smallest absolute Gasteiger partial charge is 0.409 e. The highest BCUT2D eigenvalue weighted by atomic mass is 16.5. The third-order valence-electron chi connectivity index (χ3n) is 1.55. The van der Waals surface area contributed by atoms with Crippen molar-refractivity contribution < 1.29 is 9.53 Å². The molecular formula is C9H11N2O2. The Morgan fingerprint density at radius 2 is 2.54 bits per heavy atom. The highest BCUT2D eigenvalue weighted by molar-refractivity contribution is 5.66.